The lowest BCUT2D eigenvalue weighted by Crippen LogP contribution is -2.38. The van der Waals surface area contributed by atoms with Crippen molar-refractivity contribution >= 4 is 24.4 Å². The van der Waals surface area contributed by atoms with Crippen LogP contribution in [0.15, 0.2) is 0 Å². The number of thiol groups is 1. The number of rotatable bonds is 10. The highest BCUT2D eigenvalue weighted by Gasteiger charge is 2.33. The van der Waals surface area contributed by atoms with Crippen molar-refractivity contribution in [3.63, 3.8) is 0 Å². The maximum absolute atomic E-state index is 5.96. The second kappa shape index (κ2) is 9.51. The summed E-state index contributed by atoms with van der Waals surface area (Å²) in [5, 5.41) is 0. The van der Waals surface area contributed by atoms with Gasteiger partial charge in [-0.1, -0.05) is 34.6 Å². The Labute approximate surface area is 123 Å². The van der Waals surface area contributed by atoms with Gasteiger partial charge in [0.05, 0.1) is 13.2 Å². The van der Waals surface area contributed by atoms with E-state index in [0.29, 0.717) is 18.4 Å². The lowest BCUT2D eigenvalue weighted by molar-refractivity contribution is -0.0572. The first-order valence-corrected chi connectivity index (χ1v) is 8.38. The van der Waals surface area contributed by atoms with Crippen molar-refractivity contribution in [1.29, 1.82) is 0 Å². The zero-order chi connectivity index (χ0) is 14.2. The molecule has 0 amide bonds. The van der Waals surface area contributed by atoms with Gasteiger partial charge in [0.25, 0.3) is 0 Å². The molecule has 0 aromatic rings. The molecule has 0 radical (unpaired) electrons. The Balaban J connectivity index is 4.38. The molecule has 0 fully saturated rings. The predicted octanol–water partition coefficient (Wildman–Crippen LogP) is 4.45. The lowest BCUT2D eigenvalue weighted by atomic mass is 10.2. The van der Waals surface area contributed by atoms with E-state index in [0.717, 1.165) is 18.8 Å². The molecule has 4 heteroatoms. The first-order valence-electron chi connectivity index (χ1n) is 6.89. The van der Waals surface area contributed by atoms with E-state index in [4.69, 9.17) is 9.47 Å². The Morgan fingerprint density at radius 1 is 1.11 bits per heavy atom. The summed E-state index contributed by atoms with van der Waals surface area (Å²) in [4.78, 5) is -0.529. The normalized spacial score (nSPS) is 17.2. The van der Waals surface area contributed by atoms with Crippen LogP contribution in [-0.2, 0) is 9.47 Å². The second-order valence-electron chi connectivity index (χ2n) is 5.69. The molecule has 0 heterocycles. The standard InChI is InChI=1S/C14H30O2S2/c1-7-8-18-13(15-9-11(2)3)14(6,17)16-10-12(4)5/h11-13,17H,7-10H2,1-6H3. The fourth-order valence-electron chi connectivity index (χ4n) is 1.27. The average Bonchev–Trinajstić information content (AvgIpc) is 2.26. The fraction of sp³-hybridized carbons (Fsp3) is 1.00. The van der Waals surface area contributed by atoms with Crippen LogP contribution < -0.4 is 0 Å². The van der Waals surface area contributed by atoms with E-state index in [1.807, 2.05) is 6.92 Å². The molecule has 0 aliphatic heterocycles. The molecule has 0 saturated carbocycles. The maximum atomic E-state index is 5.96. The Bertz CT molecular complexity index is 206. The highest BCUT2D eigenvalue weighted by atomic mass is 32.2. The van der Waals surface area contributed by atoms with Crippen molar-refractivity contribution in [2.45, 2.75) is 58.3 Å². The number of hydrogen-bond acceptors (Lipinski definition) is 4. The fourth-order valence-corrected chi connectivity index (χ4v) is 2.64. The number of ether oxygens (including phenoxy) is 2. The molecule has 0 aromatic carbocycles. The summed E-state index contributed by atoms with van der Waals surface area (Å²) in [6, 6.07) is 0. The summed E-state index contributed by atoms with van der Waals surface area (Å²) in [5.74, 6) is 2.12. The monoisotopic (exact) mass is 294 g/mol. The van der Waals surface area contributed by atoms with E-state index in [9.17, 15) is 0 Å². The Morgan fingerprint density at radius 2 is 1.67 bits per heavy atom. The van der Waals surface area contributed by atoms with Crippen molar-refractivity contribution in [3.05, 3.63) is 0 Å². The molecule has 2 unspecified atom stereocenters. The molecule has 0 saturated heterocycles. The molecule has 0 spiro atoms. The Kier molecular flexibility index (Phi) is 9.84. The summed E-state index contributed by atoms with van der Waals surface area (Å²) in [7, 11) is 0. The third-order valence-electron chi connectivity index (χ3n) is 2.20. The smallest absolute Gasteiger partial charge is 0.143 e. The molecular formula is C14H30O2S2. The second-order valence-corrected chi connectivity index (χ2v) is 7.75. The van der Waals surface area contributed by atoms with Gasteiger partial charge in [-0.15, -0.1) is 24.4 Å². The minimum atomic E-state index is -0.529. The largest absolute Gasteiger partial charge is 0.363 e. The Hall–Kier alpha value is 0.620. The molecule has 0 N–H and O–H groups in total. The van der Waals surface area contributed by atoms with Gasteiger partial charge in [0, 0.05) is 0 Å². The van der Waals surface area contributed by atoms with E-state index in [1.165, 1.54) is 0 Å². The molecule has 0 bridgehead atoms. The molecule has 0 aliphatic carbocycles. The summed E-state index contributed by atoms with van der Waals surface area (Å²) < 4.78 is 11.9. The highest BCUT2D eigenvalue weighted by molar-refractivity contribution is 8.00. The van der Waals surface area contributed by atoms with Gasteiger partial charge in [0.1, 0.15) is 10.4 Å². The van der Waals surface area contributed by atoms with Gasteiger partial charge in [-0.25, -0.2) is 0 Å². The van der Waals surface area contributed by atoms with Gasteiger partial charge in [-0.05, 0) is 30.9 Å². The van der Waals surface area contributed by atoms with Crippen molar-refractivity contribution < 1.29 is 9.47 Å². The predicted molar refractivity (Wildman–Crippen MR) is 85.5 cm³/mol. The molecule has 18 heavy (non-hydrogen) atoms. The van der Waals surface area contributed by atoms with Crippen LogP contribution in [0.2, 0.25) is 0 Å². The first kappa shape index (κ1) is 18.6. The minimum absolute atomic E-state index is 0.0121. The maximum Gasteiger partial charge on any atom is 0.143 e. The van der Waals surface area contributed by atoms with Crippen LogP contribution in [0.4, 0.5) is 0 Å². The highest BCUT2D eigenvalue weighted by Crippen LogP contribution is 2.32. The molecule has 2 nitrogen and oxygen atoms in total. The van der Waals surface area contributed by atoms with Crippen LogP contribution in [0.1, 0.15) is 48.0 Å². The minimum Gasteiger partial charge on any atom is -0.363 e. The molecule has 0 rings (SSSR count). The summed E-state index contributed by atoms with van der Waals surface area (Å²) >= 11 is 6.46. The van der Waals surface area contributed by atoms with Crippen LogP contribution in [0.3, 0.4) is 0 Å². The van der Waals surface area contributed by atoms with Crippen LogP contribution in [-0.4, -0.2) is 29.3 Å². The van der Waals surface area contributed by atoms with E-state index >= 15 is 0 Å². The zero-order valence-corrected chi connectivity index (χ0v) is 14.4. The molecular weight excluding hydrogens is 264 g/mol. The molecule has 0 aromatic heterocycles. The van der Waals surface area contributed by atoms with Crippen LogP contribution in [0.25, 0.3) is 0 Å². The van der Waals surface area contributed by atoms with Crippen LogP contribution >= 0.6 is 24.4 Å². The number of hydrogen-bond donors (Lipinski definition) is 1. The van der Waals surface area contributed by atoms with Gasteiger partial charge in [-0.2, -0.15) is 0 Å². The molecule has 0 aliphatic rings. The third kappa shape index (κ3) is 8.68. The van der Waals surface area contributed by atoms with Crippen LogP contribution in [0, 0.1) is 11.8 Å². The van der Waals surface area contributed by atoms with Crippen LogP contribution in [0.5, 0.6) is 0 Å². The number of thioether (sulfide) groups is 1. The van der Waals surface area contributed by atoms with E-state index < -0.39 is 4.93 Å². The van der Waals surface area contributed by atoms with Crippen molar-refractivity contribution in [2.24, 2.45) is 11.8 Å². The van der Waals surface area contributed by atoms with Gasteiger partial charge in [-0.3, -0.25) is 0 Å². The van der Waals surface area contributed by atoms with E-state index in [2.05, 4.69) is 47.2 Å². The quantitative estimate of drug-likeness (QED) is 0.474. The third-order valence-corrected chi connectivity index (χ3v) is 4.27. The summed E-state index contributed by atoms with van der Waals surface area (Å²) in [5.41, 5.74) is -0.0121. The summed E-state index contributed by atoms with van der Waals surface area (Å²) in [6.45, 7) is 14.3. The van der Waals surface area contributed by atoms with Crippen molar-refractivity contribution in [2.75, 3.05) is 19.0 Å². The van der Waals surface area contributed by atoms with Crippen molar-refractivity contribution in [1.82, 2.24) is 0 Å². The molecule has 2 atom stereocenters. The zero-order valence-electron chi connectivity index (χ0n) is 12.7. The van der Waals surface area contributed by atoms with E-state index in [1.54, 1.807) is 11.8 Å². The first-order chi connectivity index (χ1) is 8.29. The van der Waals surface area contributed by atoms with Gasteiger partial charge in [0.15, 0.2) is 0 Å². The van der Waals surface area contributed by atoms with Gasteiger partial charge in [0.2, 0.25) is 0 Å². The van der Waals surface area contributed by atoms with Gasteiger partial charge < -0.3 is 9.47 Å². The van der Waals surface area contributed by atoms with Gasteiger partial charge >= 0.3 is 0 Å². The average molecular weight is 295 g/mol. The SMILES string of the molecule is CCCSC(OCC(C)C)C(C)(S)OCC(C)C. The van der Waals surface area contributed by atoms with E-state index in [-0.39, 0.29) is 5.44 Å². The molecule has 110 valence electrons. The van der Waals surface area contributed by atoms with Crippen molar-refractivity contribution in [3.8, 4) is 0 Å². The summed E-state index contributed by atoms with van der Waals surface area (Å²) in [6.07, 6.45) is 1.14. The topological polar surface area (TPSA) is 18.5 Å². The lowest BCUT2D eigenvalue weighted by Gasteiger charge is -2.34. The Morgan fingerprint density at radius 3 is 2.11 bits per heavy atom.